The maximum Gasteiger partial charge on any atom is 0.340 e. The highest BCUT2D eigenvalue weighted by atomic mass is 19.1. The van der Waals surface area contributed by atoms with Crippen LogP contribution in [0.25, 0.3) is 6.08 Å². The van der Waals surface area contributed by atoms with Gasteiger partial charge in [0.2, 0.25) is 0 Å². The minimum absolute atomic E-state index is 0.114. The first kappa shape index (κ1) is 17.5. The number of methoxy groups -OCH3 is 1. The van der Waals surface area contributed by atoms with Gasteiger partial charge < -0.3 is 9.64 Å². The highest BCUT2D eigenvalue weighted by Crippen LogP contribution is 2.33. The number of amides is 1. The van der Waals surface area contributed by atoms with Crippen LogP contribution < -0.4 is 0 Å². The van der Waals surface area contributed by atoms with E-state index in [0.717, 1.165) is 5.56 Å². The molecule has 0 N–H and O–H groups in total. The van der Waals surface area contributed by atoms with Crippen molar-refractivity contribution in [1.82, 2.24) is 9.88 Å². The van der Waals surface area contributed by atoms with Gasteiger partial charge in [-0.05, 0) is 30.7 Å². The maximum atomic E-state index is 14.0. The highest BCUT2D eigenvalue weighted by molar-refractivity contribution is 6.16. The summed E-state index contributed by atoms with van der Waals surface area (Å²) in [5, 5.41) is 0. The lowest BCUT2D eigenvalue weighted by molar-refractivity contribution is -0.136. The Labute approximate surface area is 150 Å². The molecule has 0 fully saturated rings. The zero-order chi connectivity index (χ0) is 18.7. The molecule has 1 aliphatic heterocycles. The third kappa shape index (κ3) is 3.26. The van der Waals surface area contributed by atoms with Crippen LogP contribution in [-0.2, 0) is 20.9 Å². The van der Waals surface area contributed by atoms with Crippen molar-refractivity contribution in [1.29, 1.82) is 0 Å². The number of esters is 1. The summed E-state index contributed by atoms with van der Waals surface area (Å²) in [5.41, 5.74) is 1.77. The molecule has 1 aromatic heterocycles. The molecule has 1 aliphatic rings. The Morgan fingerprint density at radius 2 is 2.04 bits per heavy atom. The molecule has 5 nitrogen and oxygen atoms in total. The van der Waals surface area contributed by atoms with E-state index in [1.807, 2.05) is 6.07 Å². The quantitative estimate of drug-likeness (QED) is 0.627. The van der Waals surface area contributed by atoms with Gasteiger partial charge in [-0.25, -0.2) is 9.18 Å². The molecule has 2 heterocycles. The number of hydrogen-bond acceptors (Lipinski definition) is 4. The number of halogens is 1. The van der Waals surface area contributed by atoms with Crippen molar-refractivity contribution in [3.8, 4) is 0 Å². The molecule has 132 valence electrons. The summed E-state index contributed by atoms with van der Waals surface area (Å²) in [6.45, 7) is 1.93. The molecule has 0 unspecified atom stereocenters. The number of carbonyl (C=O) groups excluding carboxylic acids is 2. The molecule has 0 atom stereocenters. The molecule has 2 aromatic rings. The molecular formula is C20H17FN2O3. The fourth-order valence-electron chi connectivity index (χ4n) is 2.84. The zero-order valence-electron chi connectivity index (χ0n) is 14.4. The van der Waals surface area contributed by atoms with Crippen LogP contribution in [0, 0.1) is 5.82 Å². The normalized spacial score (nSPS) is 15.7. The standard InChI is InChI=1S/C20H17FN2O3/c1-13-18(20(25)26-2)16(10-15-7-3-4-8-17(15)21)19(24)23(13)12-14-6-5-9-22-11-14/h3-11H,12H2,1-2H3. The predicted octanol–water partition coefficient (Wildman–Crippen LogP) is 3.09. The minimum atomic E-state index is -0.632. The summed E-state index contributed by atoms with van der Waals surface area (Å²) in [6.07, 6.45) is 4.68. The Bertz CT molecular complexity index is 920. The van der Waals surface area contributed by atoms with Gasteiger partial charge in [-0.1, -0.05) is 24.3 Å². The van der Waals surface area contributed by atoms with E-state index in [1.165, 1.54) is 24.2 Å². The number of nitrogens with zero attached hydrogens (tertiary/aromatic N) is 2. The van der Waals surface area contributed by atoms with Crippen molar-refractivity contribution in [3.63, 3.8) is 0 Å². The van der Waals surface area contributed by atoms with Crippen LogP contribution >= 0.6 is 0 Å². The molecule has 3 rings (SSSR count). The Hall–Kier alpha value is -3.28. The second kappa shape index (κ2) is 7.31. The van der Waals surface area contributed by atoms with Crippen molar-refractivity contribution < 1.29 is 18.7 Å². The second-order valence-corrected chi connectivity index (χ2v) is 5.78. The van der Waals surface area contributed by atoms with E-state index in [2.05, 4.69) is 4.98 Å². The average Bonchev–Trinajstić information content (AvgIpc) is 2.88. The van der Waals surface area contributed by atoms with Crippen molar-refractivity contribution in [2.24, 2.45) is 0 Å². The maximum absolute atomic E-state index is 14.0. The van der Waals surface area contributed by atoms with Gasteiger partial charge in [0.05, 0.1) is 24.8 Å². The number of carbonyl (C=O) groups is 2. The molecule has 0 aliphatic carbocycles. The second-order valence-electron chi connectivity index (χ2n) is 5.78. The summed E-state index contributed by atoms with van der Waals surface area (Å²) in [4.78, 5) is 30.7. The third-order valence-electron chi connectivity index (χ3n) is 4.17. The molecule has 6 heteroatoms. The average molecular weight is 352 g/mol. The van der Waals surface area contributed by atoms with Crippen molar-refractivity contribution in [3.05, 3.63) is 82.6 Å². The summed E-state index contributed by atoms with van der Waals surface area (Å²) in [7, 11) is 1.25. The van der Waals surface area contributed by atoms with Crippen LogP contribution in [0.2, 0.25) is 0 Å². The van der Waals surface area contributed by atoms with E-state index in [1.54, 1.807) is 43.6 Å². The molecule has 0 saturated carbocycles. The number of pyridine rings is 1. The van der Waals surface area contributed by atoms with Gasteiger partial charge in [0.1, 0.15) is 5.82 Å². The molecule has 0 radical (unpaired) electrons. The number of benzene rings is 1. The first-order chi connectivity index (χ1) is 12.5. The predicted molar refractivity (Wildman–Crippen MR) is 93.9 cm³/mol. The van der Waals surface area contributed by atoms with Gasteiger partial charge in [0, 0.05) is 23.7 Å². The first-order valence-corrected chi connectivity index (χ1v) is 7.99. The van der Waals surface area contributed by atoms with Gasteiger partial charge in [-0.2, -0.15) is 0 Å². The van der Waals surface area contributed by atoms with Gasteiger partial charge in [-0.15, -0.1) is 0 Å². The molecule has 0 saturated heterocycles. The number of aromatic nitrogens is 1. The van der Waals surface area contributed by atoms with Gasteiger partial charge in [0.15, 0.2) is 0 Å². The lowest BCUT2D eigenvalue weighted by Gasteiger charge is -2.17. The Morgan fingerprint density at radius 1 is 1.27 bits per heavy atom. The Kier molecular flexibility index (Phi) is 4.93. The topological polar surface area (TPSA) is 59.5 Å². The fourth-order valence-corrected chi connectivity index (χ4v) is 2.84. The minimum Gasteiger partial charge on any atom is -0.465 e. The lowest BCUT2D eigenvalue weighted by atomic mass is 10.0. The molecular weight excluding hydrogens is 335 g/mol. The monoisotopic (exact) mass is 352 g/mol. The largest absolute Gasteiger partial charge is 0.465 e. The zero-order valence-corrected chi connectivity index (χ0v) is 14.4. The summed E-state index contributed by atoms with van der Waals surface area (Å²) in [6, 6.07) is 9.68. The van der Waals surface area contributed by atoms with Crippen LogP contribution in [0.15, 0.2) is 65.6 Å². The smallest absolute Gasteiger partial charge is 0.340 e. The number of hydrogen-bond donors (Lipinski definition) is 0. The molecule has 0 bridgehead atoms. The van der Waals surface area contributed by atoms with E-state index in [4.69, 9.17) is 4.74 Å². The molecule has 0 spiro atoms. The van der Waals surface area contributed by atoms with Gasteiger partial charge in [0.25, 0.3) is 5.91 Å². The van der Waals surface area contributed by atoms with Crippen LogP contribution in [0.4, 0.5) is 4.39 Å². The van der Waals surface area contributed by atoms with E-state index in [9.17, 15) is 14.0 Å². The van der Waals surface area contributed by atoms with Gasteiger partial charge in [-0.3, -0.25) is 9.78 Å². The van der Waals surface area contributed by atoms with E-state index in [-0.39, 0.29) is 29.2 Å². The first-order valence-electron chi connectivity index (χ1n) is 7.99. The number of ether oxygens (including phenoxy) is 1. The van der Waals surface area contributed by atoms with Crippen molar-refractivity contribution in [2.75, 3.05) is 7.11 Å². The van der Waals surface area contributed by atoms with Crippen molar-refractivity contribution in [2.45, 2.75) is 13.5 Å². The van der Waals surface area contributed by atoms with E-state index >= 15 is 0 Å². The van der Waals surface area contributed by atoms with Crippen LogP contribution in [0.3, 0.4) is 0 Å². The van der Waals surface area contributed by atoms with Crippen LogP contribution in [0.1, 0.15) is 18.1 Å². The third-order valence-corrected chi connectivity index (χ3v) is 4.17. The van der Waals surface area contributed by atoms with E-state index < -0.39 is 11.8 Å². The molecule has 1 aromatic carbocycles. The van der Waals surface area contributed by atoms with Crippen LogP contribution in [-0.4, -0.2) is 28.9 Å². The van der Waals surface area contributed by atoms with E-state index in [0.29, 0.717) is 5.70 Å². The number of rotatable bonds is 4. The summed E-state index contributed by atoms with van der Waals surface area (Å²) >= 11 is 0. The molecule has 1 amide bonds. The SMILES string of the molecule is COC(=O)C1=C(C)N(Cc2cccnc2)C(=O)C1=Cc1ccccc1F. The van der Waals surface area contributed by atoms with Crippen LogP contribution in [0.5, 0.6) is 0 Å². The van der Waals surface area contributed by atoms with Gasteiger partial charge >= 0.3 is 5.97 Å². The Balaban J connectivity index is 2.05. The Morgan fingerprint density at radius 3 is 2.69 bits per heavy atom. The molecule has 26 heavy (non-hydrogen) atoms. The fraction of sp³-hybridized carbons (Fsp3) is 0.150. The van der Waals surface area contributed by atoms with Crippen molar-refractivity contribution >= 4 is 18.0 Å². The number of allylic oxidation sites excluding steroid dienone is 1. The highest BCUT2D eigenvalue weighted by Gasteiger charge is 2.37. The lowest BCUT2D eigenvalue weighted by Crippen LogP contribution is -2.24. The summed E-state index contributed by atoms with van der Waals surface area (Å²) in [5.74, 6) is -1.48. The summed E-state index contributed by atoms with van der Waals surface area (Å²) < 4.78 is 18.8.